The number of aromatic nitrogens is 1. The van der Waals surface area contributed by atoms with Crippen LogP contribution in [0.5, 0.6) is 5.75 Å². The van der Waals surface area contributed by atoms with Crippen LogP contribution in [0.3, 0.4) is 0 Å². The van der Waals surface area contributed by atoms with Crippen LogP contribution < -0.4 is 10.5 Å². The Morgan fingerprint density at radius 2 is 2.04 bits per heavy atom. The molecule has 0 saturated carbocycles. The van der Waals surface area contributed by atoms with E-state index in [0.717, 1.165) is 23.5 Å². The molecule has 1 aromatic heterocycles. The van der Waals surface area contributed by atoms with Gasteiger partial charge in [0.1, 0.15) is 12.4 Å². The summed E-state index contributed by atoms with van der Waals surface area (Å²) >= 11 is 1.35. The van der Waals surface area contributed by atoms with Crippen LogP contribution in [-0.4, -0.2) is 49.3 Å². The number of nitrogen functional groups attached to an aromatic ring is 1. The third-order valence-electron chi connectivity index (χ3n) is 4.61. The van der Waals surface area contributed by atoms with Crippen LogP contribution in [0, 0.1) is 18.6 Å². The van der Waals surface area contributed by atoms with Crippen molar-refractivity contribution in [3.8, 4) is 5.75 Å². The molecule has 5 nitrogen and oxygen atoms in total. The molecule has 1 saturated heterocycles. The zero-order chi connectivity index (χ0) is 20.1. The number of nitrogens with two attached hydrogens (primary N) is 1. The molecule has 2 N–H and O–H groups in total. The number of ether oxygens (including phenoxy) is 2. The Hall–Kier alpha value is -1.90. The van der Waals surface area contributed by atoms with Crippen LogP contribution in [0.15, 0.2) is 29.3 Å². The van der Waals surface area contributed by atoms with Crippen LogP contribution >= 0.6 is 11.8 Å². The van der Waals surface area contributed by atoms with Crippen molar-refractivity contribution in [2.24, 2.45) is 0 Å². The lowest BCUT2D eigenvalue weighted by atomic mass is 10.1. The molecule has 1 atom stereocenters. The summed E-state index contributed by atoms with van der Waals surface area (Å²) in [6, 6.07) is 4.95. The summed E-state index contributed by atoms with van der Waals surface area (Å²) in [6.07, 6.45) is 1.67. The number of hydrogen-bond donors (Lipinski definition) is 1. The Balaban J connectivity index is 1.64. The molecular weight excluding hydrogens is 384 g/mol. The van der Waals surface area contributed by atoms with Crippen molar-refractivity contribution in [2.45, 2.75) is 24.0 Å². The van der Waals surface area contributed by atoms with Crippen molar-refractivity contribution in [2.75, 3.05) is 45.2 Å². The molecule has 2 aromatic rings. The van der Waals surface area contributed by atoms with Gasteiger partial charge in [-0.1, -0.05) is 6.07 Å². The summed E-state index contributed by atoms with van der Waals surface area (Å²) in [5.41, 5.74) is 7.12. The molecule has 3 rings (SSSR count). The Kier molecular flexibility index (Phi) is 7.09. The van der Waals surface area contributed by atoms with E-state index in [4.69, 9.17) is 15.2 Å². The molecule has 1 unspecified atom stereocenters. The van der Waals surface area contributed by atoms with Gasteiger partial charge in [-0.15, -0.1) is 11.8 Å². The molecule has 1 aromatic carbocycles. The van der Waals surface area contributed by atoms with E-state index in [2.05, 4.69) is 9.88 Å². The third kappa shape index (κ3) is 5.12. The summed E-state index contributed by atoms with van der Waals surface area (Å²) in [4.78, 5) is 7.03. The predicted molar refractivity (Wildman–Crippen MR) is 107 cm³/mol. The van der Waals surface area contributed by atoms with Crippen molar-refractivity contribution in [1.29, 1.82) is 0 Å². The number of anilines is 1. The smallest absolute Gasteiger partial charge is 0.200 e. The van der Waals surface area contributed by atoms with E-state index < -0.39 is 11.6 Å². The van der Waals surface area contributed by atoms with E-state index in [1.54, 1.807) is 12.3 Å². The van der Waals surface area contributed by atoms with E-state index in [-0.39, 0.29) is 16.6 Å². The SMILES string of the molecule is Cc1cnc(N)c(SC(C)c2ccc(OCCN3CCOCC3)c(F)c2F)c1. The highest BCUT2D eigenvalue weighted by atomic mass is 32.2. The van der Waals surface area contributed by atoms with Gasteiger partial charge in [-0.25, -0.2) is 9.37 Å². The number of benzene rings is 1. The third-order valence-corrected chi connectivity index (χ3v) is 5.79. The quantitative estimate of drug-likeness (QED) is 0.702. The van der Waals surface area contributed by atoms with Crippen LogP contribution in [0.25, 0.3) is 0 Å². The topological polar surface area (TPSA) is 60.6 Å². The Morgan fingerprint density at radius 3 is 2.79 bits per heavy atom. The normalized spacial score (nSPS) is 16.1. The van der Waals surface area contributed by atoms with Crippen molar-refractivity contribution < 1.29 is 18.3 Å². The van der Waals surface area contributed by atoms with Crippen molar-refractivity contribution in [3.05, 3.63) is 47.2 Å². The highest BCUT2D eigenvalue weighted by Gasteiger charge is 2.20. The average molecular weight is 410 g/mol. The minimum absolute atomic E-state index is 0.0663. The number of morpholine rings is 1. The van der Waals surface area contributed by atoms with Gasteiger partial charge in [0, 0.05) is 36.6 Å². The van der Waals surface area contributed by atoms with Gasteiger partial charge in [-0.3, -0.25) is 4.90 Å². The number of hydrogen-bond acceptors (Lipinski definition) is 6. The number of halogens is 2. The standard InChI is InChI=1S/C20H25F2N3O2S/c1-13-11-17(20(23)24-12-13)28-14(2)15-3-4-16(19(22)18(15)21)27-10-7-25-5-8-26-9-6-25/h3-4,11-12,14H,5-10H2,1-2H3,(H2,23,24). The molecule has 1 fully saturated rings. The Bertz CT molecular complexity index is 816. The molecule has 0 spiro atoms. The molecule has 2 heterocycles. The molecule has 0 radical (unpaired) electrons. The maximum absolute atomic E-state index is 14.6. The van der Waals surface area contributed by atoms with Crippen LogP contribution in [0.2, 0.25) is 0 Å². The average Bonchev–Trinajstić information content (AvgIpc) is 2.69. The van der Waals surface area contributed by atoms with Gasteiger partial charge in [0.25, 0.3) is 0 Å². The lowest BCUT2D eigenvalue weighted by molar-refractivity contribution is 0.0320. The minimum Gasteiger partial charge on any atom is -0.489 e. The molecule has 0 amide bonds. The number of thioether (sulfide) groups is 1. The van der Waals surface area contributed by atoms with Crippen molar-refractivity contribution in [1.82, 2.24) is 9.88 Å². The highest BCUT2D eigenvalue weighted by Crippen LogP contribution is 2.39. The van der Waals surface area contributed by atoms with Gasteiger partial charge in [0.2, 0.25) is 5.82 Å². The maximum atomic E-state index is 14.6. The summed E-state index contributed by atoms with van der Waals surface area (Å²) in [7, 11) is 0. The van der Waals surface area contributed by atoms with Crippen molar-refractivity contribution >= 4 is 17.6 Å². The van der Waals surface area contributed by atoms with E-state index in [1.165, 1.54) is 17.8 Å². The number of nitrogens with zero attached hydrogens (tertiary/aromatic N) is 2. The second-order valence-electron chi connectivity index (χ2n) is 6.74. The van der Waals surface area contributed by atoms with Gasteiger partial charge in [-0.05, 0) is 31.5 Å². The van der Waals surface area contributed by atoms with Gasteiger partial charge < -0.3 is 15.2 Å². The predicted octanol–water partition coefficient (Wildman–Crippen LogP) is 3.81. The second-order valence-corrected chi connectivity index (χ2v) is 8.12. The summed E-state index contributed by atoms with van der Waals surface area (Å²) in [6.45, 7) is 7.69. The molecule has 1 aliphatic rings. The van der Waals surface area contributed by atoms with E-state index in [0.29, 0.717) is 32.2 Å². The minimum atomic E-state index is -0.956. The monoisotopic (exact) mass is 409 g/mol. The van der Waals surface area contributed by atoms with Crippen LogP contribution in [-0.2, 0) is 4.74 Å². The van der Waals surface area contributed by atoms with Gasteiger partial charge in [0.15, 0.2) is 11.6 Å². The van der Waals surface area contributed by atoms with Crippen molar-refractivity contribution in [3.63, 3.8) is 0 Å². The molecule has 152 valence electrons. The first kappa shape index (κ1) is 20.8. The molecule has 0 bridgehead atoms. The lowest BCUT2D eigenvalue weighted by Crippen LogP contribution is -2.38. The van der Waals surface area contributed by atoms with Gasteiger partial charge in [-0.2, -0.15) is 4.39 Å². The Labute approximate surface area is 168 Å². The molecule has 28 heavy (non-hydrogen) atoms. The Morgan fingerprint density at radius 1 is 1.29 bits per heavy atom. The highest BCUT2D eigenvalue weighted by molar-refractivity contribution is 7.99. The van der Waals surface area contributed by atoms with E-state index in [1.807, 2.05) is 19.9 Å². The molecule has 1 aliphatic heterocycles. The summed E-state index contributed by atoms with van der Waals surface area (Å²) in [5, 5.41) is -0.331. The number of aryl methyl sites for hydroxylation is 1. The van der Waals surface area contributed by atoms with Crippen LogP contribution in [0.1, 0.15) is 23.3 Å². The first-order valence-corrected chi connectivity index (χ1v) is 10.1. The summed E-state index contributed by atoms with van der Waals surface area (Å²) < 4.78 is 39.9. The van der Waals surface area contributed by atoms with E-state index in [9.17, 15) is 8.78 Å². The van der Waals surface area contributed by atoms with Gasteiger partial charge >= 0.3 is 0 Å². The second kappa shape index (κ2) is 9.54. The molecule has 0 aliphatic carbocycles. The molecule has 8 heteroatoms. The number of rotatable bonds is 7. The maximum Gasteiger partial charge on any atom is 0.200 e. The largest absolute Gasteiger partial charge is 0.489 e. The zero-order valence-electron chi connectivity index (χ0n) is 16.1. The fraction of sp³-hybridized carbons (Fsp3) is 0.450. The fourth-order valence-electron chi connectivity index (χ4n) is 2.98. The zero-order valence-corrected chi connectivity index (χ0v) is 16.9. The van der Waals surface area contributed by atoms with Gasteiger partial charge in [0.05, 0.1) is 18.1 Å². The first-order chi connectivity index (χ1) is 13.5. The fourth-order valence-corrected chi connectivity index (χ4v) is 4.10. The first-order valence-electron chi connectivity index (χ1n) is 9.25. The lowest BCUT2D eigenvalue weighted by Gasteiger charge is -2.26. The van der Waals surface area contributed by atoms with E-state index >= 15 is 0 Å². The summed E-state index contributed by atoms with van der Waals surface area (Å²) in [5.74, 6) is -1.53. The molecular formula is C20H25F2N3O2S. The van der Waals surface area contributed by atoms with Crippen LogP contribution in [0.4, 0.5) is 14.6 Å². The number of pyridine rings is 1.